The van der Waals surface area contributed by atoms with Crippen molar-refractivity contribution in [2.75, 3.05) is 32.7 Å². The summed E-state index contributed by atoms with van der Waals surface area (Å²) in [5, 5.41) is 0. The van der Waals surface area contributed by atoms with Gasteiger partial charge in [-0.3, -0.25) is 0 Å². The molecule has 0 heterocycles. The second kappa shape index (κ2) is 9.48. The van der Waals surface area contributed by atoms with Gasteiger partial charge in [-0.15, -0.1) is 11.8 Å². The van der Waals surface area contributed by atoms with Gasteiger partial charge in [-0.1, -0.05) is 12.1 Å². The molecule has 0 bridgehead atoms. The number of rotatable bonds is 9. The van der Waals surface area contributed by atoms with Gasteiger partial charge in [0.15, 0.2) is 0 Å². The van der Waals surface area contributed by atoms with Crippen LogP contribution in [0.4, 0.5) is 0 Å². The van der Waals surface area contributed by atoms with Crippen LogP contribution in [0, 0.1) is 0 Å². The molecule has 0 atom stereocenters. The average Bonchev–Trinajstić information content (AvgIpc) is 2.38. The summed E-state index contributed by atoms with van der Waals surface area (Å²) in [6.07, 6.45) is 1.06. The Kier molecular flexibility index (Phi) is 8.09. The first-order chi connectivity index (χ1) is 8.36. The van der Waals surface area contributed by atoms with Crippen LogP contribution < -0.4 is 5.73 Å². The quantitative estimate of drug-likeness (QED) is 0.543. The van der Waals surface area contributed by atoms with Gasteiger partial charge in [-0.2, -0.15) is 0 Å². The van der Waals surface area contributed by atoms with E-state index in [2.05, 4.69) is 24.3 Å². The van der Waals surface area contributed by atoms with Crippen LogP contribution in [0.25, 0.3) is 0 Å². The Bertz CT molecular complexity index is 290. The third kappa shape index (κ3) is 6.68. The average molecular weight is 255 g/mol. The van der Waals surface area contributed by atoms with Gasteiger partial charge in [-0.05, 0) is 24.1 Å². The lowest BCUT2D eigenvalue weighted by molar-refractivity contribution is 0.0713. The molecule has 0 spiro atoms. The molecule has 4 heteroatoms. The van der Waals surface area contributed by atoms with Crippen molar-refractivity contribution >= 4 is 11.8 Å². The number of hydrogen-bond acceptors (Lipinski definition) is 4. The van der Waals surface area contributed by atoms with E-state index in [1.54, 1.807) is 7.11 Å². The zero-order valence-corrected chi connectivity index (χ0v) is 11.2. The van der Waals surface area contributed by atoms with E-state index in [1.807, 2.05) is 11.8 Å². The van der Waals surface area contributed by atoms with E-state index in [1.165, 1.54) is 10.5 Å². The third-order valence-corrected chi connectivity index (χ3v) is 3.39. The molecule has 17 heavy (non-hydrogen) atoms. The summed E-state index contributed by atoms with van der Waals surface area (Å²) in [6, 6.07) is 8.41. The molecule has 0 unspecified atom stereocenters. The molecule has 1 aromatic carbocycles. The largest absolute Gasteiger partial charge is 0.382 e. The smallest absolute Gasteiger partial charge is 0.0700 e. The highest BCUT2D eigenvalue weighted by Gasteiger charge is 1.95. The monoisotopic (exact) mass is 255 g/mol. The molecular formula is C13H21NO2S. The number of methoxy groups -OCH3 is 1. The van der Waals surface area contributed by atoms with E-state index in [4.69, 9.17) is 15.2 Å². The SMILES string of the molecule is COCCOCCCSc1ccc(CN)cc1. The molecule has 96 valence electrons. The number of nitrogens with two attached hydrogens (primary N) is 1. The molecule has 1 aromatic rings. The first-order valence-electron chi connectivity index (χ1n) is 5.85. The zero-order valence-electron chi connectivity index (χ0n) is 10.4. The molecule has 0 radical (unpaired) electrons. The molecule has 0 aliphatic carbocycles. The van der Waals surface area contributed by atoms with E-state index in [-0.39, 0.29) is 0 Å². The van der Waals surface area contributed by atoms with E-state index < -0.39 is 0 Å². The van der Waals surface area contributed by atoms with Gasteiger partial charge >= 0.3 is 0 Å². The van der Waals surface area contributed by atoms with Crippen LogP contribution in [0.5, 0.6) is 0 Å². The van der Waals surface area contributed by atoms with Crippen molar-refractivity contribution < 1.29 is 9.47 Å². The molecule has 0 saturated carbocycles. The van der Waals surface area contributed by atoms with Crippen LogP contribution >= 0.6 is 11.8 Å². The Morgan fingerprint density at radius 2 is 1.88 bits per heavy atom. The van der Waals surface area contributed by atoms with Crippen LogP contribution in [-0.2, 0) is 16.0 Å². The summed E-state index contributed by atoms with van der Waals surface area (Å²) >= 11 is 1.85. The van der Waals surface area contributed by atoms with Gasteiger partial charge in [-0.25, -0.2) is 0 Å². The Labute approximate surface area is 108 Å². The summed E-state index contributed by atoms with van der Waals surface area (Å²) in [6.45, 7) is 2.77. The maximum absolute atomic E-state index is 5.55. The highest BCUT2D eigenvalue weighted by molar-refractivity contribution is 7.99. The first-order valence-corrected chi connectivity index (χ1v) is 6.84. The lowest BCUT2D eigenvalue weighted by atomic mass is 10.2. The van der Waals surface area contributed by atoms with Gasteiger partial charge in [0.1, 0.15) is 0 Å². The van der Waals surface area contributed by atoms with Crippen molar-refractivity contribution in [1.82, 2.24) is 0 Å². The van der Waals surface area contributed by atoms with Gasteiger partial charge in [0.2, 0.25) is 0 Å². The van der Waals surface area contributed by atoms with Crippen molar-refractivity contribution in [1.29, 1.82) is 0 Å². The van der Waals surface area contributed by atoms with Crippen molar-refractivity contribution in [3.05, 3.63) is 29.8 Å². The molecule has 1 rings (SSSR count). The highest BCUT2D eigenvalue weighted by atomic mass is 32.2. The van der Waals surface area contributed by atoms with E-state index in [9.17, 15) is 0 Å². The number of thioether (sulfide) groups is 1. The molecule has 3 nitrogen and oxygen atoms in total. The lowest BCUT2D eigenvalue weighted by Gasteiger charge is -2.04. The Hall–Kier alpha value is -0.550. The molecule has 2 N–H and O–H groups in total. The standard InChI is InChI=1S/C13H21NO2S/c1-15-8-9-16-7-2-10-17-13-5-3-12(11-14)4-6-13/h3-6H,2,7-11,14H2,1H3. The maximum atomic E-state index is 5.55. The van der Waals surface area contributed by atoms with Gasteiger partial charge in [0.25, 0.3) is 0 Å². The summed E-state index contributed by atoms with van der Waals surface area (Å²) in [5.74, 6) is 1.08. The second-order valence-electron chi connectivity index (χ2n) is 3.66. The molecule has 0 fully saturated rings. The fourth-order valence-corrected chi connectivity index (χ4v) is 2.14. The molecule has 0 aromatic heterocycles. The normalized spacial score (nSPS) is 10.7. The Morgan fingerprint density at radius 3 is 2.53 bits per heavy atom. The van der Waals surface area contributed by atoms with Crippen LogP contribution in [0.2, 0.25) is 0 Å². The molecular weight excluding hydrogens is 234 g/mol. The fourth-order valence-electron chi connectivity index (χ4n) is 1.32. The lowest BCUT2D eigenvalue weighted by Crippen LogP contribution is -2.03. The predicted octanol–water partition coefficient (Wildman–Crippen LogP) is 2.29. The van der Waals surface area contributed by atoms with Crippen molar-refractivity contribution in [2.45, 2.75) is 17.9 Å². The topological polar surface area (TPSA) is 44.5 Å². The number of hydrogen-bond donors (Lipinski definition) is 1. The summed E-state index contributed by atoms with van der Waals surface area (Å²) < 4.78 is 10.3. The van der Waals surface area contributed by atoms with Crippen LogP contribution in [0.15, 0.2) is 29.2 Å². The van der Waals surface area contributed by atoms with Gasteiger partial charge < -0.3 is 15.2 Å². The van der Waals surface area contributed by atoms with E-state index in [0.29, 0.717) is 19.8 Å². The van der Waals surface area contributed by atoms with Crippen molar-refractivity contribution in [3.63, 3.8) is 0 Å². The van der Waals surface area contributed by atoms with E-state index >= 15 is 0 Å². The molecule has 0 aliphatic heterocycles. The van der Waals surface area contributed by atoms with Crippen LogP contribution in [-0.4, -0.2) is 32.7 Å². The third-order valence-electron chi connectivity index (χ3n) is 2.29. The minimum Gasteiger partial charge on any atom is -0.382 e. The van der Waals surface area contributed by atoms with Crippen molar-refractivity contribution in [2.24, 2.45) is 5.73 Å². The van der Waals surface area contributed by atoms with Gasteiger partial charge in [0, 0.05) is 30.9 Å². The maximum Gasteiger partial charge on any atom is 0.0700 e. The summed E-state index contributed by atoms with van der Waals surface area (Å²) in [7, 11) is 1.68. The van der Waals surface area contributed by atoms with Gasteiger partial charge in [0.05, 0.1) is 13.2 Å². The van der Waals surface area contributed by atoms with Crippen LogP contribution in [0.1, 0.15) is 12.0 Å². The summed E-state index contributed by atoms with van der Waals surface area (Å²) in [5.41, 5.74) is 6.72. The van der Waals surface area contributed by atoms with Crippen LogP contribution in [0.3, 0.4) is 0 Å². The first kappa shape index (κ1) is 14.5. The number of benzene rings is 1. The Balaban J connectivity index is 2.05. The molecule has 0 aliphatic rings. The zero-order chi connectivity index (χ0) is 12.3. The fraction of sp³-hybridized carbons (Fsp3) is 0.538. The Morgan fingerprint density at radius 1 is 1.12 bits per heavy atom. The predicted molar refractivity (Wildman–Crippen MR) is 72.4 cm³/mol. The minimum absolute atomic E-state index is 0.609. The minimum atomic E-state index is 0.609. The molecule has 0 saturated heterocycles. The highest BCUT2D eigenvalue weighted by Crippen LogP contribution is 2.18. The second-order valence-corrected chi connectivity index (χ2v) is 4.82. The molecule has 0 amide bonds. The van der Waals surface area contributed by atoms with E-state index in [0.717, 1.165) is 18.8 Å². The van der Waals surface area contributed by atoms with Crippen molar-refractivity contribution in [3.8, 4) is 0 Å². The summed E-state index contributed by atoms with van der Waals surface area (Å²) in [4.78, 5) is 1.29. The number of ether oxygens (including phenoxy) is 2.